The van der Waals surface area contributed by atoms with Crippen molar-refractivity contribution in [3.05, 3.63) is 77.6 Å². The van der Waals surface area contributed by atoms with E-state index in [2.05, 4.69) is 10.6 Å². The number of carbonyl (C=O) groups is 2. The van der Waals surface area contributed by atoms with E-state index in [1.54, 1.807) is 19.1 Å². The fourth-order valence-corrected chi connectivity index (χ4v) is 2.74. The largest absolute Gasteiger partial charge is 0.347 e. The quantitative estimate of drug-likeness (QED) is 0.739. The summed E-state index contributed by atoms with van der Waals surface area (Å²) in [6.07, 6.45) is 0.188. The summed E-state index contributed by atoms with van der Waals surface area (Å²) in [6.45, 7) is 1.48. The summed E-state index contributed by atoms with van der Waals surface area (Å²) < 4.78 is 13.5. The molecule has 0 bridgehead atoms. The van der Waals surface area contributed by atoms with Crippen LogP contribution >= 0.6 is 0 Å². The molecule has 0 aliphatic carbocycles. The third kappa shape index (κ3) is 4.25. The van der Waals surface area contributed by atoms with Crippen molar-refractivity contribution in [2.75, 3.05) is 11.9 Å². The molecule has 0 atom stereocenters. The van der Waals surface area contributed by atoms with E-state index in [1.807, 2.05) is 42.5 Å². The van der Waals surface area contributed by atoms with E-state index >= 15 is 0 Å². The number of hydrogen-bond donors (Lipinski definition) is 2. The second-order valence-electron chi connectivity index (χ2n) is 6.10. The minimum atomic E-state index is -0.403. The second kappa shape index (κ2) is 7.78. The van der Waals surface area contributed by atoms with Crippen LogP contribution in [-0.4, -0.2) is 18.4 Å². The predicted molar refractivity (Wildman–Crippen MR) is 100 cm³/mol. The number of nitrogens with one attached hydrogen (secondary N) is 2. The summed E-state index contributed by atoms with van der Waals surface area (Å²) in [5.41, 5.74) is 1.77. The Morgan fingerprint density at radius 1 is 0.962 bits per heavy atom. The van der Waals surface area contributed by atoms with Crippen LogP contribution in [-0.2, 0) is 16.0 Å². The summed E-state index contributed by atoms with van der Waals surface area (Å²) >= 11 is 0. The Morgan fingerprint density at radius 3 is 2.54 bits per heavy atom. The molecule has 0 aliphatic rings. The highest BCUT2D eigenvalue weighted by Gasteiger charge is 2.09. The van der Waals surface area contributed by atoms with Gasteiger partial charge in [-0.05, 0) is 41.0 Å². The standard InChI is InChI=1S/C21H19FN2O2/c1-14-9-10-17(12-19(14)22)24-21(26)13-23-20(25)11-16-7-4-6-15-5-2-3-8-18(15)16/h2-10,12H,11,13H2,1H3,(H,23,25)(H,24,26). The number of anilines is 1. The fourth-order valence-electron chi connectivity index (χ4n) is 2.74. The van der Waals surface area contributed by atoms with E-state index in [4.69, 9.17) is 0 Å². The molecule has 3 aromatic carbocycles. The molecule has 0 heterocycles. The van der Waals surface area contributed by atoms with Crippen LogP contribution in [0.2, 0.25) is 0 Å². The third-order valence-electron chi connectivity index (χ3n) is 4.13. The van der Waals surface area contributed by atoms with Crippen molar-refractivity contribution in [3.63, 3.8) is 0 Å². The van der Waals surface area contributed by atoms with Crippen LogP contribution < -0.4 is 10.6 Å². The van der Waals surface area contributed by atoms with Crippen LogP contribution in [0.15, 0.2) is 60.7 Å². The van der Waals surface area contributed by atoms with Crippen molar-refractivity contribution in [1.29, 1.82) is 0 Å². The van der Waals surface area contributed by atoms with Gasteiger partial charge < -0.3 is 10.6 Å². The van der Waals surface area contributed by atoms with Crippen molar-refractivity contribution in [3.8, 4) is 0 Å². The van der Waals surface area contributed by atoms with Crippen LogP contribution in [0, 0.1) is 12.7 Å². The van der Waals surface area contributed by atoms with Gasteiger partial charge in [-0.1, -0.05) is 48.5 Å². The number of fused-ring (bicyclic) bond motifs is 1. The first-order valence-electron chi connectivity index (χ1n) is 8.32. The molecule has 26 heavy (non-hydrogen) atoms. The van der Waals surface area contributed by atoms with Crippen LogP contribution in [0.1, 0.15) is 11.1 Å². The van der Waals surface area contributed by atoms with Crippen molar-refractivity contribution in [1.82, 2.24) is 5.32 Å². The normalized spacial score (nSPS) is 10.5. The van der Waals surface area contributed by atoms with Gasteiger partial charge in [0.25, 0.3) is 0 Å². The minimum Gasteiger partial charge on any atom is -0.347 e. The van der Waals surface area contributed by atoms with E-state index in [-0.39, 0.29) is 24.7 Å². The van der Waals surface area contributed by atoms with Gasteiger partial charge >= 0.3 is 0 Å². The van der Waals surface area contributed by atoms with Crippen molar-refractivity contribution in [2.24, 2.45) is 0 Å². The Kier molecular flexibility index (Phi) is 5.27. The lowest BCUT2D eigenvalue weighted by atomic mass is 10.0. The molecule has 0 unspecified atom stereocenters. The molecule has 0 aromatic heterocycles. The first kappa shape index (κ1) is 17.6. The van der Waals surface area contributed by atoms with Gasteiger partial charge in [-0.25, -0.2) is 4.39 Å². The molecule has 3 rings (SSSR count). The van der Waals surface area contributed by atoms with Crippen LogP contribution in [0.3, 0.4) is 0 Å². The molecule has 0 saturated heterocycles. The van der Waals surface area contributed by atoms with Gasteiger partial charge in [0.15, 0.2) is 0 Å². The maximum atomic E-state index is 13.5. The zero-order valence-corrected chi connectivity index (χ0v) is 14.4. The molecule has 0 fully saturated rings. The molecule has 4 nitrogen and oxygen atoms in total. The topological polar surface area (TPSA) is 58.2 Å². The maximum absolute atomic E-state index is 13.5. The number of hydrogen-bond acceptors (Lipinski definition) is 2. The molecular formula is C21H19FN2O2. The Balaban J connectivity index is 1.56. The van der Waals surface area contributed by atoms with E-state index in [9.17, 15) is 14.0 Å². The van der Waals surface area contributed by atoms with Gasteiger partial charge in [-0.15, -0.1) is 0 Å². The molecule has 2 N–H and O–H groups in total. The molecule has 0 saturated carbocycles. The zero-order chi connectivity index (χ0) is 18.5. The van der Waals surface area contributed by atoms with Gasteiger partial charge in [0.05, 0.1) is 13.0 Å². The highest BCUT2D eigenvalue weighted by Crippen LogP contribution is 2.18. The zero-order valence-electron chi connectivity index (χ0n) is 14.4. The molecule has 5 heteroatoms. The smallest absolute Gasteiger partial charge is 0.243 e. The maximum Gasteiger partial charge on any atom is 0.243 e. The van der Waals surface area contributed by atoms with Gasteiger partial charge in [0, 0.05) is 5.69 Å². The monoisotopic (exact) mass is 350 g/mol. The molecule has 132 valence electrons. The Hall–Kier alpha value is -3.21. The van der Waals surface area contributed by atoms with E-state index in [0.717, 1.165) is 16.3 Å². The average Bonchev–Trinajstić information content (AvgIpc) is 2.63. The molecule has 2 amide bonds. The Bertz CT molecular complexity index is 964. The molecule has 0 aliphatic heterocycles. The lowest BCUT2D eigenvalue weighted by Gasteiger charge is -2.09. The lowest BCUT2D eigenvalue weighted by Crippen LogP contribution is -2.33. The van der Waals surface area contributed by atoms with Crippen molar-refractivity contribution in [2.45, 2.75) is 13.3 Å². The number of carbonyl (C=O) groups excluding carboxylic acids is 2. The summed E-state index contributed by atoms with van der Waals surface area (Å²) in [6, 6.07) is 18.1. The number of rotatable bonds is 5. The molecule has 0 spiro atoms. The van der Waals surface area contributed by atoms with Gasteiger partial charge in [0.1, 0.15) is 5.82 Å². The number of halogens is 1. The van der Waals surface area contributed by atoms with Crippen molar-refractivity contribution >= 4 is 28.3 Å². The van der Waals surface area contributed by atoms with Gasteiger partial charge in [-0.3, -0.25) is 9.59 Å². The third-order valence-corrected chi connectivity index (χ3v) is 4.13. The van der Waals surface area contributed by atoms with Crippen LogP contribution in [0.25, 0.3) is 10.8 Å². The first-order valence-corrected chi connectivity index (χ1v) is 8.32. The Morgan fingerprint density at radius 2 is 1.73 bits per heavy atom. The highest BCUT2D eigenvalue weighted by molar-refractivity contribution is 5.95. The SMILES string of the molecule is Cc1ccc(NC(=O)CNC(=O)Cc2cccc3ccccc23)cc1F. The fraction of sp³-hybridized carbons (Fsp3) is 0.143. The van der Waals surface area contributed by atoms with Crippen molar-refractivity contribution < 1.29 is 14.0 Å². The van der Waals surface area contributed by atoms with E-state index in [0.29, 0.717) is 11.3 Å². The van der Waals surface area contributed by atoms with Gasteiger partial charge in [0.2, 0.25) is 11.8 Å². The number of aryl methyl sites for hydroxylation is 1. The first-order chi connectivity index (χ1) is 12.5. The van der Waals surface area contributed by atoms with Crippen LogP contribution in [0.4, 0.5) is 10.1 Å². The van der Waals surface area contributed by atoms with E-state index < -0.39 is 5.91 Å². The molecule has 3 aromatic rings. The minimum absolute atomic E-state index is 0.168. The van der Waals surface area contributed by atoms with Gasteiger partial charge in [-0.2, -0.15) is 0 Å². The summed E-state index contributed by atoms with van der Waals surface area (Å²) in [4.78, 5) is 24.1. The highest BCUT2D eigenvalue weighted by atomic mass is 19.1. The summed E-state index contributed by atoms with van der Waals surface area (Å²) in [5.74, 6) is -1.03. The summed E-state index contributed by atoms with van der Waals surface area (Å²) in [5, 5.41) is 7.25. The predicted octanol–water partition coefficient (Wildman–Crippen LogP) is 3.58. The summed E-state index contributed by atoms with van der Waals surface area (Å²) in [7, 11) is 0. The van der Waals surface area contributed by atoms with E-state index in [1.165, 1.54) is 6.07 Å². The number of amides is 2. The van der Waals surface area contributed by atoms with Crippen LogP contribution in [0.5, 0.6) is 0 Å². The Labute approximate surface area is 151 Å². The molecule has 0 radical (unpaired) electrons. The number of benzene rings is 3. The molecular weight excluding hydrogens is 331 g/mol. The second-order valence-corrected chi connectivity index (χ2v) is 6.10. The average molecular weight is 350 g/mol. The lowest BCUT2D eigenvalue weighted by molar-refractivity contribution is -0.123.